The van der Waals surface area contributed by atoms with Crippen molar-refractivity contribution < 1.29 is 28.6 Å². The molecule has 8 nitrogen and oxygen atoms in total. The van der Waals surface area contributed by atoms with E-state index in [1.807, 2.05) is 25.1 Å². The molecule has 5 rings (SSSR count). The van der Waals surface area contributed by atoms with E-state index in [4.69, 9.17) is 25.8 Å². The van der Waals surface area contributed by atoms with Crippen molar-refractivity contribution in [1.82, 2.24) is 4.90 Å². The molecule has 200 valence electrons. The highest BCUT2D eigenvalue weighted by atomic mass is 79.9. The molecule has 0 saturated carbocycles. The maximum absolute atomic E-state index is 13.1. The van der Waals surface area contributed by atoms with Gasteiger partial charge in [0, 0.05) is 16.8 Å². The van der Waals surface area contributed by atoms with Gasteiger partial charge in [-0.3, -0.25) is 19.3 Å². The normalized spacial score (nSPS) is 15.3. The van der Waals surface area contributed by atoms with Crippen molar-refractivity contribution in [2.45, 2.75) is 13.5 Å². The van der Waals surface area contributed by atoms with Gasteiger partial charge in [-0.2, -0.15) is 0 Å². The fourth-order valence-corrected chi connectivity index (χ4v) is 6.40. The third-order valence-electron chi connectivity index (χ3n) is 5.71. The van der Waals surface area contributed by atoms with Crippen LogP contribution in [0.25, 0.3) is 6.08 Å². The number of anilines is 1. The minimum atomic E-state index is -0.431. The molecule has 2 aliphatic heterocycles. The van der Waals surface area contributed by atoms with E-state index in [9.17, 15) is 14.4 Å². The smallest absolute Gasteiger partial charge is 0.293 e. The van der Waals surface area contributed by atoms with Crippen LogP contribution in [-0.4, -0.2) is 35.4 Å². The molecule has 0 spiro atoms. The standard InChI is InChI=1S/C27H19Br2ClN2O6S/c1-14-3-2-4-17(5-14)31-24(33)12-36-25-18(28)6-15(7-19(25)29)8-23-26(34)32(27(35)39-23)11-16-9-21-22(10-20(16)30)38-13-37-21/h2-10H,11-13H2,1H3,(H,31,33)/b23-8-. The molecule has 0 aromatic heterocycles. The summed E-state index contributed by atoms with van der Waals surface area (Å²) in [6.45, 7) is 1.83. The van der Waals surface area contributed by atoms with E-state index in [0.717, 1.165) is 22.2 Å². The molecule has 2 aliphatic rings. The first kappa shape index (κ1) is 27.6. The Morgan fingerprint density at radius 1 is 1.13 bits per heavy atom. The highest BCUT2D eigenvalue weighted by Gasteiger charge is 2.36. The lowest BCUT2D eigenvalue weighted by Crippen LogP contribution is -2.27. The van der Waals surface area contributed by atoms with Crippen molar-refractivity contribution in [2.24, 2.45) is 0 Å². The number of halogens is 3. The Balaban J connectivity index is 1.26. The van der Waals surface area contributed by atoms with Gasteiger partial charge >= 0.3 is 0 Å². The van der Waals surface area contributed by atoms with Crippen molar-refractivity contribution in [3.8, 4) is 17.2 Å². The van der Waals surface area contributed by atoms with Gasteiger partial charge in [0.05, 0.1) is 20.4 Å². The van der Waals surface area contributed by atoms with Gasteiger partial charge in [0.1, 0.15) is 5.75 Å². The Labute approximate surface area is 249 Å². The summed E-state index contributed by atoms with van der Waals surface area (Å²) in [5.74, 6) is 0.728. The number of rotatable bonds is 7. The molecule has 0 unspecified atom stereocenters. The van der Waals surface area contributed by atoms with E-state index in [1.165, 1.54) is 0 Å². The van der Waals surface area contributed by atoms with Gasteiger partial charge in [0.25, 0.3) is 17.1 Å². The summed E-state index contributed by atoms with van der Waals surface area (Å²) >= 11 is 14.1. The summed E-state index contributed by atoms with van der Waals surface area (Å²) in [5, 5.41) is 2.76. The van der Waals surface area contributed by atoms with Crippen LogP contribution in [0.3, 0.4) is 0 Å². The lowest BCUT2D eigenvalue weighted by atomic mass is 10.1. The lowest BCUT2D eigenvalue weighted by molar-refractivity contribution is -0.123. The summed E-state index contributed by atoms with van der Waals surface area (Å²) in [6, 6.07) is 14.2. The van der Waals surface area contributed by atoms with Crippen LogP contribution >= 0.6 is 55.2 Å². The molecule has 0 radical (unpaired) electrons. The number of carbonyl (C=O) groups excluding carboxylic acids is 3. The predicted molar refractivity (Wildman–Crippen MR) is 156 cm³/mol. The van der Waals surface area contributed by atoms with Crippen LogP contribution in [0.4, 0.5) is 10.5 Å². The van der Waals surface area contributed by atoms with Crippen LogP contribution < -0.4 is 19.5 Å². The first-order valence-corrected chi connectivity index (χ1v) is 14.3. The topological polar surface area (TPSA) is 94.2 Å². The van der Waals surface area contributed by atoms with Gasteiger partial charge in [-0.05, 0) is 104 Å². The van der Waals surface area contributed by atoms with E-state index in [2.05, 4.69) is 37.2 Å². The van der Waals surface area contributed by atoms with Crippen molar-refractivity contribution >= 4 is 84.0 Å². The zero-order valence-electron chi connectivity index (χ0n) is 20.3. The van der Waals surface area contributed by atoms with Crippen molar-refractivity contribution in [1.29, 1.82) is 0 Å². The summed E-state index contributed by atoms with van der Waals surface area (Å²) in [7, 11) is 0. The van der Waals surface area contributed by atoms with E-state index < -0.39 is 11.1 Å². The summed E-state index contributed by atoms with van der Waals surface area (Å²) in [5.41, 5.74) is 2.94. The molecular formula is C27H19Br2ClN2O6S. The zero-order valence-corrected chi connectivity index (χ0v) is 25.0. The largest absolute Gasteiger partial charge is 0.481 e. The fraction of sp³-hybridized carbons (Fsp3) is 0.148. The van der Waals surface area contributed by atoms with E-state index in [0.29, 0.717) is 48.0 Å². The van der Waals surface area contributed by atoms with Gasteiger partial charge in [0.2, 0.25) is 6.79 Å². The Hall–Kier alpha value is -2.99. The maximum atomic E-state index is 13.1. The third kappa shape index (κ3) is 6.27. The molecule has 1 saturated heterocycles. The zero-order chi connectivity index (χ0) is 27.7. The van der Waals surface area contributed by atoms with Crippen molar-refractivity contribution in [3.05, 3.63) is 84.1 Å². The lowest BCUT2D eigenvalue weighted by Gasteiger charge is -2.14. The van der Waals surface area contributed by atoms with Crippen LogP contribution in [0.15, 0.2) is 62.4 Å². The molecule has 3 aromatic rings. The molecule has 1 N–H and O–H groups in total. The number of nitrogens with one attached hydrogen (secondary N) is 1. The number of aryl methyl sites for hydroxylation is 1. The number of nitrogens with zero attached hydrogens (tertiary/aromatic N) is 1. The van der Waals surface area contributed by atoms with Crippen molar-refractivity contribution in [3.63, 3.8) is 0 Å². The molecule has 0 atom stereocenters. The van der Waals surface area contributed by atoms with Crippen LogP contribution in [0.2, 0.25) is 5.02 Å². The predicted octanol–water partition coefficient (Wildman–Crippen LogP) is 7.16. The number of carbonyl (C=O) groups is 3. The second kappa shape index (κ2) is 11.6. The Kier molecular flexibility index (Phi) is 8.22. The molecule has 3 aromatic carbocycles. The Morgan fingerprint density at radius 2 is 1.85 bits per heavy atom. The number of hydrogen-bond acceptors (Lipinski definition) is 7. The number of fused-ring (bicyclic) bond motifs is 1. The first-order chi connectivity index (χ1) is 18.7. The maximum Gasteiger partial charge on any atom is 0.293 e. The third-order valence-corrected chi connectivity index (χ3v) is 8.15. The number of amides is 3. The first-order valence-electron chi connectivity index (χ1n) is 11.5. The average molecular weight is 695 g/mol. The average Bonchev–Trinajstić information content (AvgIpc) is 3.42. The highest BCUT2D eigenvalue weighted by Crippen LogP contribution is 2.40. The van der Waals surface area contributed by atoms with E-state index >= 15 is 0 Å². The number of ether oxygens (including phenoxy) is 3. The van der Waals surface area contributed by atoms with Crippen LogP contribution in [0.1, 0.15) is 16.7 Å². The molecule has 3 amide bonds. The molecular weight excluding hydrogens is 676 g/mol. The summed E-state index contributed by atoms with van der Waals surface area (Å²) in [6.07, 6.45) is 1.62. The summed E-state index contributed by atoms with van der Waals surface area (Å²) in [4.78, 5) is 39.5. The number of benzene rings is 3. The van der Waals surface area contributed by atoms with Gasteiger partial charge in [-0.15, -0.1) is 0 Å². The van der Waals surface area contributed by atoms with Gasteiger partial charge < -0.3 is 19.5 Å². The van der Waals surface area contributed by atoms with Gasteiger partial charge in [-0.25, -0.2) is 0 Å². The van der Waals surface area contributed by atoms with Gasteiger partial charge in [0.15, 0.2) is 18.1 Å². The second-order valence-corrected chi connectivity index (χ2v) is 11.7. The van der Waals surface area contributed by atoms with Crippen molar-refractivity contribution in [2.75, 3.05) is 18.7 Å². The molecule has 2 heterocycles. The number of thioether (sulfide) groups is 1. The molecule has 1 fully saturated rings. The quantitative estimate of drug-likeness (QED) is 0.263. The van der Waals surface area contributed by atoms with E-state index in [1.54, 1.807) is 36.4 Å². The number of imide groups is 1. The Bertz CT molecular complexity index is 1520. The van der Waals surface area contributed by atoms with E-state index in [-0.39, 0.29) is 30.8 Å². The van der Waals surface area contributed by atoms with Crippen LogP contribution in [-0.2, 0) is 16.1 Å². The van der Waals surface area contributed by atoms with Crippen LogP contribution in [0.5, 0.6) is 17.2 Å². The second-order valence-electron chi connectivity index (χ2n) is 8.58. The molecule has 39 heavy (non-hydrogen) atoms. The minimum Gasteiger partial charge on any atom is -0.481 e. The monoisotopic (exact) mass is 692 g/mol. The minimum absolute atomic E-state index is 0.00224. The summed E-state index contributed by atoms with van der Waals surface area (Å²) < 4.78 is 17.6. The fourth-order valence-electron chi connectivity index (χ4n) is 3.90. The molecule has 0 bridgehead atoms. The Morgan fingerprint density at radius 3 is 2.56 bits per heavy atom. The SMILES string of the molecule is Cc1cccc(NC(=O)COc2c(Br)cc(/C=C3\SC(=O)N(Cc4cc5c(cc4Cl)OCO5)C3=O)cc2Br)c1. The molecule has 12 heteroatoms. The van der Waals surface area contributed by atoms with Crippen LogP contribution in [0, 0.1) is 6.92 Å². The van der Waals surface area contributed by atoms with Gasteiger partial charge in [-0.1, -0.05) is 23.7 Å². The number of hydrogen-bond donors (Lipinski definition) is 1. The highest BCUT2D eigenvalue weighted by molar-refractivity contribution is 9.11. The molecule has 0 aliphatic carbocycles.